The summed E-state index contributed by atoms with van der Waals surface area (Å²) in [4.78, 5) is 22.8. The van der Waals surface area contributed by atoms with Crippen molar-refractivity contribution in [1.82, 2.24) is 5.32 Å². The summed E-state index contributed by atoms with van der Waals surface area (Å²) >= 11 is 0. The average Bonchev–Trinajstić information content (AvgIpc) is 3.27. The molecule has 3 rings (SSSR count). The van der Waals surface area contributed by atoms with E-state index in [0.29, 0.717) is 18.9 Å². The molecular weight excluding hydrogens is 330 g/mol. The van der Waals surface area contributed by atoms with E-state index in [0.717, 1.165) is 12.8 Å². The molecule has 2 aliphatic heterocycles. The SMILES string of the molecule is N#C/C(=C\c1cc2c(cc1[N+](=O)[O-])OCO2)C(=O)NC[C@@H]1CCCO1. The van der Waals surface area contributed by atoms with Gasteiger partial charge in [0.05, 0.1) is 22.7 Å². The Kier molecular flexibility index (Phi) is 4.81. The third-order valence-electron chi connectivity index (χ3n) is 3.90. The van der Waals surface area contributed by atoms with Gasteiger partial charge in [-0.2, -0.15) is 5.26 Å². The van der Waals surface area contributed by atoms with Gasteiger partial charge in [0.1, 0.15) is 11.6 Å². The highest BCUT2D eigenvalue weighted by Gasteiger charge is 2.24. The molecule has 1 fully saturated rings. The highest BCUT2D eigenvalue weighted by molar-refractivity contribution is 6.02. The first-order chi connectivity index (χ1) is 12.1. The summed E-state index contributed by atoms with van der Waals surface area (Å²) in [6, 6.07) is 4.37. The van der Waals surface area contributed by atoms with Crippen molar-refractivity contribution in [2.75, 3.05) is 19.9 Å². The summed E-state index contributed by atoms with van der Waals surface area (Å²) in [7, 11) is 0. The van der Waals surface area contributed by atoms with Gasteiger partial charge in [-0.1, -0.05) is 0 Å². The number of nitrogens with one attached hydrogen (secondary N) is 1. The van der Waals surface area contributed by atoms with Crippen molar-refractivity contribution in [2.45, 2.75) is 18.9 Å². The quantitative estimate of drug-likeness (QED) is 0.371. The molecule has 0 spiro atoms. The Labute approximate surface area is 142 Å². The number of nitrogens with zero attached hydrogens (tertiary/aromatic N) is 2. The lowest BCUT2D eigenvalue weighted by Gasteiger charge is -2.10. The van der Waals surface area contributed by atoms with Crippen LogP contribution in [0.2, 0.25) is 0 Å². The van der Waals surface area contributed by atoms with E-state index in [2.05, 4.69) is 5.32 Å². The number of nitriles is 1. The molecule has 1 atom stereocenters. The molecule has 1 aromatic carbocycles. The predicted molar refractivity (Wildman–Crippen MR) is 84.8 cm³/mol. The number of benzene rings is 1. The van der Waals surface area contributed by atoms with E-state index in [9.17, 15) is 20.2 Å². The van der Waals surface area contributed by atoms with Crippen LogP contribution in [0.5, 0.6) is 11.5 Å². The topological polar surface area (TPSA) is 124 Å². The summed E-state index contributed by atoms with van der Waals surface area (Å²) in [5, 5.41) is 23.1. The Morgan fingerprint density at radius 1 is 1.44 bits per heavy atom. The zero-order valence-electron chi connectivity index (χ0n) is 13.2. The van der Waals surface area contributed by atoms with Gasteiger partial charge in [0.25, 0.3) is 11.6 Å². The highest BCUT2D eigenvalue weighted by Crippen LogP contribution is 2.38. The van der Waals surface area contributed by atoms with Crippen LogP contribution in [0, 0.1) is 21.4 Å². The Bertz CT molecular complexity index is 777. The van der Waals surface area contributed by atoms with Gasteiger partial charge in [-0.05, 0) is 25.0 Å². The summed E-state index contributed by atoms with van der Waals surface area (Å²) in [6.07, 6.45) is 2.89. The molecule has 9 nitrogen and oxygen atoms in total. The largest absolute Gasteiger partial charge is 0.454 e. The van der Waals surface area contributed by atoms with Crippen LogP contribution >= 0.6 is 0 Å². The van der Waals surface area contributed by atoms with Gasteiger partial charge in [-0.25, -0.2) is 0 Å². The number of ether oxygens (including phenoxy) is 3. The number of nitro groups is 1. The second kappa shape index (κ2) is 7.19. The fourth-order valence-corrected chi connectivity index (χ4v) is 2.63. The fourth-order valence-electron chi connectivity index (χ4n) is 2.63. The zero-order valence-corrected chi connectivity index (χ0v) is 13.2. The highest BCUT2D eigenvalue weighted by atomic mass is 16.7. The maximum absolute atomic E-state index is 12.2. The van der Waals surface area contributed by atoms with Crippen LogP contribution in [-0.4, -0.2) is 36.9 Å². The lowest BCUT2D eigenvalue weighted by molar-refractivity contribution is -0.385. The standard InChI is InChI=1S/C16H15N3O6/c17-7-11(16(20)18-8-12-2-1-3-23-12)4-10-5-14-15(25-9-24-14)6-13(10)19(21)22/h4-6,12H,1-3,8-9H2,(H,18,20)/b11-4+/t12-/m0/s1. The number of carbonyl (C=O) groups is 1. The third kappa shape index (κ3) is 3.70. The van der Waals surface area contributed by atoms with Crippen molar-refractivity contribution >= 4 is 17.7 Å². The zero-order chi connectivity index (χ0) is 17.8. The molecule has 0 aromatic heterocycles. The van der Waals surface area contributed by atoms with Gasteiger partial charge in [-0.15, -0.1) is 0 Å². The summed E-state index contributed by atoms with van der Waals surface area (Å²) in [6.45, 7) is 0.915. The maximum Gasteiger partial charge on any atom is 0.280 e. The normalized spacial score (nSPS) is 18.7. The fraction of sp³-hybridized carbons (Fsp3) is 0.375. The van der Waals surface area contributed by atoms with Gasteiger partial charge in [0, 0.05) is 13.2 Å². The van der Waals surface area contributed by atoms with Crippen LogP contribution in [-0.2, 0) is 9.53 Å². The number of fused-ring (bicyclic) bond motifs is 1. The Balaban J connectivity index is 1.82. The minimum atomic E-state index is -0.607. The minimum absolute atomic E-state index is 0.0351. The molecule has 25 heavy (non-hydrogen) atoms. The van der Waals surface area contributed by atoms with Crippen molar-refractivity contribution in [3.05, 3.63) is 33.4 Å². The van der Waals surface area contributed by atoms with Crippen LogP contribution in [0.4, 0.5) is 5.69 Å². The molecule has 0 bridgehead atoms. The van der Waals surface area contributed by atoms with Crippen LogP contribution in [0.25, 0.3) is 6.08 Å². The first-order valence-electron chi connectivity index (χ1n) is 7.68. The van der Waals surface area contributed by atoms with E-state index in [1.165, 1.54) is 18.2 Å². The molecule has 0 unspecified atom stereocenters. The van der Waals surface area contributed by atoms with Crippen LogP contribution < -0.4 is 14.8 Å². The number of hydrogen-bond donors (Lipinski definition) is 1. The molecule has 1 saturated heterocycles. The summed E-state index contributed by atoms with van der Waals surface area (Å²) in [5.74, 6) is -0.0240. The van der Waals surface area contributed by atoms with Crippen molar-refractivity contribution < 1.29 is 23.9 Å². The second-order valence-corrected chi connectivity index (χ2v) is 5.54. The van der Waals surface area contributed by atoms with Crippen LogP contribution in [0.3, 0.4) is 0 Å². The van der Waals surface area contributed by atoms with E-state index >= 15 is 0 Å². The van der Waals surface area contributed by atoms with E-state index in [1.54, 1.807) is 6.07 Å². The van der Waals surface area contributed by atoms with Gasteiger partial charge in [0.2, 0.25) is 6.79 Å². The first-order valence-corrected chi connectivity index (χ1v) is 7.68. The minimum Gasteiger partial charge on any atom is -0.454 e. The lowest BCUT2D eigenvalue weighted by atomic mass is 10.1. The molecule has 2 aliphatic rings. The van der Waals surface area contributed by atoms with E-state index in [-0.39, 0.29) is 35.5 Å². The molecule has 0 saturated carbocycles. The number of hydrogen-bond acceptors (Lipinski definition) is 7. The monoisotopic (exact) mass is 345 g/mol. The van der Waals surface area contributed by atoms with Crippen molar-refractivity contribution in [3.63, 3.8) is 0 Å². The average molecular weight is 345 g/mol. The lowest BCUT2D eigenvalue weighted by Crippen LogP contribution is -2.32. The van der Waals surface area contributed by atoms with Gasteiger partial charge < -0.3 is 19.5 Å². The number of nitro benzene ring substituents is 1. The van der Waals surface area contributed by atoms with Gasteiger partial charge in [0.15, 0.2) is 11.5 Å². The molecule has 2 heterocycles. The Morgan fingerprint density at radius 3 is 2.84 bits per heavy atom. The Morgan fingerprint density at radius 2 is 2.20 bits per heavy atom. The molecule has 1 N–H and O–H groups in total. The number of carbonyl (C=O) groups excluding carboxylic acids is 1. The predicted octanol–water partition coefficient (Wildman–Crippen LogP) is 1.53. The maximum atomic E-state index is 12.2. The summed E-state index contributed by atoms with van der Waals surface area (Å²) < 4.78 is 15.7. The Hall–Kier alpha value is -3.12. The van der Waals surface area contributed by atoms with Crippen molar-refractivity contribution in [2.24, 2.45) is 0 Å². The molecule has 130 valence electrons. The van der Waals surface area contributed by atoms with Gasteiger partial charge in [-0.3, -0.25) is 14.9 Å². The molecule has 1 amide bonds. The van der Waals surface area contributed by atoms with Crippen LogP contribution in [0.15, 0.2) is 17.7 Å². The molecule has 1 aromatic rings. The molecular formula is C16H15N3O6. The van der Waals surface area contributed by atoms with Crippen molar-refractivity contribution in [1.29, 1.82) is 5.26 Å². The van der Waals surface area contributed by atoms with Crippen molar-refractivity contribution in [3.8, 4) is 17.6 Å². The molecule has 0 radical (unpaired) electrons. The third-order valence-corrected chi connectivity index (χ3v) is 3.90. The molecule has 0 aliphatic carbocycles. The van der Waals surface area contributed by atoms with Gasteiger partial charge >= 0.3 is 0 Å². The first kappa shape index (κ1) is 16.7. The smallest absolute Gasteiger partial charge is 0.280 e. The van der Waals surface area contributed by atoms with E-state index in [1.807, 2.05) is 0 Å². The van der Waals surface area contributed by atoms with E-state index < -0.39 is 10.8 Å². The molecule has 9 heteroatoms. The number of amides is 1. The van der Waals surface area contributed by atoms with E-state index in [4.69, 9.17) is 14.2 Å². The number of rotatable bonds is 5. The summed E-state index contributed by atoms with van der Waals surface area (Å²) in [5.41, 5.74) is -0.415. The second-order valence-electron chi connectivity index (χ2n) is 5.54. The van der Waals surface area contributed by atoms with Crippen LogP contribution in [0.1, 0.15) is 18.4 Å².